The summed E-state index contributed by atoms with van der Waals surface area (Å²) < 4.78 is 41.8. The van der Waals surface area contributed by atoms with Crippen LogP contribution in [0.4, 0.5) is 13.2 Å². The van der Waals surface area contributed by atoms with Crippen LogP contribution < -0.4 is 5.76 Å². The largest absolute Gasteiger partial charge is 0.438 e. The van der Waals surface area contributed by atoms with E-state index in [9.17, 15) is 22.8 Å². The molecule has 1 amide bonds. The van der Waals surface area contributed by atoms with E-state index in [0.29, 0.717) is 0 Å². The maximum atomic E-state index is 12.5. The lowest BCUT2D eigenvalue weighted by Gasteiger charge is -2.15. The van der Waals surface area contributed by atoms with E-state index in [-0.39, 0.29) is 18.1 Å². The van der Waals surface area contributed by atoms with Crippen molar-refractivity contribution in [1.29, 1.82) is 0 Å². The molecule has 0 radical (unpaired) electrons. The molecule has 0 aliphatic rings. The summed E-state index contributed by atoms with van der Waals surface area (Å²) >= 11 is 0. The Bertz CT molecular complexity index is 707. The number of hydrogen-bond acceptors (Lipinski definition) is 5. The summed E-state index contributed by atoms with van der Waals surface area (Å²) in [6.07, 6.45) is -4.63. The van der Waals surface area contributed by atoms with Crippen LogP contribution in [-0.2, 0) is 12.7 Å². The number of nitrogens with zero attached hydrogens (tertiary/aromatic N) is 3. The zero-order valence-electron chi connectivity index (χ0n) is 10.6. The Labute approximate surface area is 115 Å². The number of carbonyl (C=O) groups is 1. The molecular formula is C11H9F3N4O3. The summed E-state index contributed by atoms with van der Waals surface area (Å²) in [4.78, 5) is 29.3. The first-order valence-electron chi connectivity index (χ1n) is 5.62. The van der Waals surface area contributed by atoms with Crippen LogP contribution in [0.25, 0.3) is 0 Å². The van der Waals surface area contributed by atoms with Crippen LogP contribution in [0, 0.1) is 0 Å². The molecule has 1 N–H and O–H groups in total. The fraction of sp³-hybridized carbons (Fsp3) is 0.273. The second-order valence-electron chi connectivity index (χ2n) is 4.11. The minimum Gasteiger partial charge on any atom is -0.333 e. The van der Waals surface area contributed by atoms with E-state index in [1.165, 1.54) is 13.1 Å². The second kappa shape index (κ2) is 5.38. The number of pyridine rings is 1. The third kappa shape index (κ3) is 3.46. The third-order valence-corrected chi connectivity index (χ3v) is 2.48. The first-order chi connectivity index (χ1) is 9.77. The second-order valence-corrected chi connectivity index (χ2v) is 4.11. The van der Waals surface area contributed by atoms with Crippen molar-refractivity contribution in [2.75, 3.05) is 7.05 Å². The average Bonchev–Trinajstić information content (AvgIpc) is 2.82. The first kappa shape index (κ1) is 14.8. The monoisotopic (exact) mass is 302 g/mol. The molecule has 0 aliphatic carbocycles. The van der Waals surface area contributed by atoms with Gasteiger partial charge in [0.2, 0.25) is 0 Å². The van der Waals surface area contributed by atoms with Crippen molar-refractivity contribution in [2.24, 2.45) is 0 Å². The number of nitrogens with one attached hydrogen (secondary N) is 1. The molecule has 7 nitrogen and oxygen atoms in total. The smallest absolute Gasteiger partial charge is 0.333 e. The minimum atomic E-state index is -4.63. The SMILES string of the molecule is CN(Cc1noc(=O)[nH]1)C(=O)c1cccc(C(F)(F)F)n1. The first-order valence-corrected chi connectivity index (χ1v) is 5.62. The standard InChI is InChI=1S/C11H9F3N4O3/c1-18(5-8-16-10(20)21-17-8)9(19)6-3-2-4-7(15-6)11(12,13)14/h2-4H,5H2,1H3,(H,16,17,20). The van der Waals surface area contributed by atoms with Crippen LogP contribution in [0.2, 0.25) is 0 Å². The van der Waals surface area contributed by atoms with Gasteiger partial charge in [-0.25, -0.2) is 9.78 Å². The van der Waals surface area contributed by atoms with Gasteiger partial charge in [0, 0.05) is 7.05 Å². The van der Waals surface area contributed by atoms with Gasteiger partial charge in [0.25, 0.3) is 5.91 Å². The van der Waals surface area contributed by atoms with Gasteiger partial charge in [-0.05, 0) is 12.1 Å². The van der Waals surface area contributed by atoms with E-state index in [2.05, 4.69) is 19.6 Å². The number of hydrogen-bond donors (Lipinski definition) is 1. The molecule has 0 unspecified atom stereocenters. The molecular weight excluding hydrogens is 293 g/mol. The molecule has 0 bridgehead atoms. The summed E-state index contributed by atoms with van der Waals surface area (Å²) in [6.45, 7) is -0.136. The highest BCUT2D eigenvalue weighted by molar-refractivity contribution is 5.92. The zero-order chi connectivity index (χ0) is 15.6. The molecule has 0 saturated heterocycles. The van der Waals surface area contributed by atoms with Crippen molar-refractivity contribution in [3.63, 3.8) is 0 Å². The van der Waals surface area contributed by atoms with Crippen molar-refractivity contribution < 1.29 is 22.5 Å². The molecule has 2 aromatic rings. The van der Waals surface area contributed by atoms with Gasteiger partial charge in [-0.2, -0.15) is 13.2 Å². The normalized spacial score (nSPS) is 11.4. The molecule has 0 atom stereocenters. The summed E-state index contributed by atoms with van der Waals surface area (Å²) in [7, 11) is 1.33. The Morgan fingerprint density at radius 3 is 2.71 bits per heavy atom. The van der Waals surface area contributed by atoms with Gasteiger partial charge in [0.05, 0.1) is 6.54 Å². The number of aromatic amines is 1. The fourth-order valence-corrected chi connectivity index (χ4v) is 1.53. The lowest BCUT2D eigenvalue weighted by atomic mass is 10.2. The average molecular weight is 302 g/mol. The zero-order valence-corrected chi connectivity index (χ0v) is 10.6. The number of halogens is 3. The van der Waals surface area contributed by atoms with E-state index >= 15 is 0 Å². The van der Waals surface area contributed by atoms with E-state index in [0.717, 1.165) is 17.0 Å². The Hall–Kier alpha value is -2.65. The van der Waals surface area contributed by atoms with Gasteiger partial charge in [-0.15, -0.1) is 0 Å². The molecule has 2 heterocycles. The molecule has 2 rings (SSSR count). The quantitative estimate of drug-likeness (QED) is 0.915. The number of alkyl halides is 3. The minimum absolute atomic E-state index is 0.0721. The maximum absolute atomic E-state index is 12.5. The van der Waals surface area contributed by atoms with Gasteiger partial charge in [-0.3, -0.25) is 14.3 Å². The molecule has 112 valence electrons. The maximum Gasteiger partial charge on any atom is 0.438 e. The molecule has 0 fully saturated rings. The van der Waals surface area contributed by atoms with E-state index in [1.54, 1.807) is 0 Å². The van der Waals surface area contributed by atoms with Crippen molar-refractivity contribution in [1.82, 2.24) is 20.0 Å². The molecule has 0 aromatic carbocycles. The van der Waals surface area contributed by atoms with E-state index < -0.39 is 23.5 Å². The Balaban J connectivity index is 2.17. The lowest BCUT2D eigenvalue weighted by molar-refractivity contribution is -0.141. The van der Waals surface area contributed by atoms with Crippen LogP contribution in [-0.4, -0.2) is 33.0 Å². The van der Waals surface area contributed by atoms with E-state index in [4.69, 9.17) is 0 Å². The number of rotatable bonds is 3. The van der Waals surface area contributed by atoms with Crippen molar-refractivity contribution in [3.05, 3.63) is 46.0 Å². The van der Waals surface area contributed by atoms with Gasteiger partial charge >= 0.3 is 11.9 Å². The predicted molar refractivity (Wildman–Crippen MR) is 62.2 cm³/mol. The molecule has 10 heteroatoms. The van der Waals surface area contributed by atoms with Crippen molar-refractivity contribution in [2.45, 2.75) is 12.7 Å². The molecule has 2 aromatic heterocycles. The van der Waals surface area contributed by atoms with Crippen LogP contribution >= 0.6 is 0 Å². The van der Waals surface area contributed by atoms with Crippen LogP contribution in [0.3, 0.4) is 0 Å². The summed E-state index contributed by atoms with van der Waals surface area (Å²) in [6, 6.07) is 3.03. The predicted octanol–water partition coefficient (Wildman–Crippen LogP) is 1.05. The van der Waals surface area contributed by atoms with E-state index in [1.807, 2.05) is 0 Å². The van der Waals surface area contributed by atoms with Gasteiger partial charge in [0.1, 0.15) is 11.4 Å². The third-order valence-electron chi connectivity index (χ3n) is 2.48. The topological polar surface area (TPSA) is 92.1 Å². The Morgan fingerprint density at radius 2 is 2.14 bits per heavy atom. The van der Waals surface area contributed by atoms with Gasteiger partial charge in [0.15, 0.2) is 5.82 Å². The number of amides is 1. The Morgan fingerprint density at radius 1 is 1.43 bits per heavy atom. The molecule has 0 aliphatic heterocycles. The molecule has 21 heavy (non-hydrogen) atoms. The summed E-state index contributed by atoms with van der Waals surface area (Å²) in [5.41, 5.74) is -1.52. The summed E-state index contributed by atoms with van der Waals surface area (Å²) in [5, 5.41) is 3.35. The van der Waals surface area contributed by atoms with Gasteiger partial charge < -0.3 is 4.90 Å². The lowest BCUT2D eigenvalue weighted by Crippen LogP contribution is -2.28. The number of H-pyrrole nitrogens is 1. The highest BCUT2D eigenvalue weighted by atomic mass is 19.4. The van der Waals surface area contributed by atoms with Crippen molar-refractivity contribution >= 4 is 5.91 Å². The Kier molecular flexibility index (Phi) is 3.78. The van der Waals surface area contributed by atoms with Crippen LogP contribution in [0.1, 0.15) is 22.0 Å². The molecule has 0 saturated carbocycles. The number of carbonyl (C=O) groups excluding carboxylic acids is 1. The van der Waals surface area contributed by atoms with Crippen LogP contribution in [0.15, 0.2) is 27.5 Å². The van der Waals surface area contributed by atoms with Gasteiger partial charge in [-0.1, -0.05) is 11.2 Å². The number of aromatic nitrogens is 3. The fourth-order valence-electron chi connectivity index (χ4n) is 1.53. The molecule has 0 spiro atoms. The van der Waals surface area contributed by atoms with Crippen LogP contribution in [0.5, 0.6) is 0 Å². The highest BCUT2D eigenvalue weighted by Gasteiger charge is 2.33. The summed E-state index contributed by atoms with van der Waals surface area (Å²) in [5.74, 6) is -1.46. The van der Waals surface area contributed by atoms with Crippen molar-refractivity contribution in [3.8, 4) is 0 Å². The highest BCUT2D eigenvalue weighted by Crippen LogP contribution is 2.27.